The van der Waals surface area contributed by atoms with Gasteiger partial charge in [-0.1, -0.05) is 11.8 Å². The zero-order valence-electron chi connectivity index (χ0n) is 12.9. The lowest BCUT2D eigenvalue weighted by Gasteiger charge is -2.25. The Balaban J connectivity index is 1.79. The molecule has 1 aliphatic heterocycles. The summed E-state index contributed by atoms with van der Waals surface area (Å²) in [5, 5.41) is 11.8. The quantitative estimate of drug-likeness (QED) is 0.386. The first-order valence-electron chi connectivity index (χ1n) is 7.35. The maximum atomic E-state index is 8.69. The molecule has 0 bridgehead atoms. The van der Waals surface area contributed by atoms with E-state index in [1.54, 1.807) is 0 Å². The number of morpholine rings is 1. The second kappa shape index (κ2) is 7.46. The topological polar surface area (TPSA) is 89.3 Å². The highest BCUT2D eigenvalue weighted by atomic mass is 32.2. The summed E-state index contributed by atoms with van der Waals surface area (Å²) in [6.07, 6.45) is 3.76. The maximum Gasteiger partial charge on any atom is 0.183 e. The number of aromatic amines is 1. The number of hydrogen-bond donors (Lipinski definition) is 2. The minimum Gasteiger partial charge on any atom is -0.379 e. The van der Waals surface area contributed by atoms with Crippen molar-refractivity contribution in [2.24, 2.45) is 4.99 Å². The number of aliphatic imine (C=N–C) groups is 1. The van der Waals surface area contributed by atoms with Crippen LogP contribution in [-0.2, 0) is 11.3 Å². The van der Waals surface area contributed by atoms with Gasteiger partial charge in [0.25, 0.3) is 0 Å². The van der Waals surface area contributed by atoms with E-state index in [2.05, 4.69) is 25.2 Å². The van der Waals surface area contributed by atoms with Gasteiger partial charge in [-0.15, -0.1) is 0 Å². The fraction of sp³-hybridized carbons (Fsp3) is 0.400. The monoisotopic (exact) mass is 330 g/mol. The van der Waals surface area contributed by atoms with Crippen LogP contribution in [0.25, 0.3) is 11.0 Å². The van der Waals surface area contributed by atoms with Crippen LogP contribution in [0.2, 0.25) is 0 Å². The molecule has 1 aliphatic rings. The lowest BCUT2D eigenvalue weighted by atomic mass is 10.3. The first-order chi connectivity index (χ1) is 11.3. The molecular weight excluding hydrogens is 312 g/mol. The highest BCUT2D eigenvalue weighted by Crippen LogP contribution is 2.21. The number of rotatable bonds is 3. The zero-order chi connectivity index (χ0) is 16.1. The molecule has 1 aromatic carbocycles. The molecule has 0 unspecified atom stereocenters. The van der Waals surface area contributed by atoms with E-state index < -0.39 is 0 Å². The fourth-order valence-corrected chi connectivity index (χ4v) is 2.80. The zero-order valence-corrected chi connectivity index (χ0v) is 13.7. The Morgan fingerprint density at radius 1 is 1.52 bits per heavy atom. The molecule has 120 valence electrons. The van der Waals surface area contributed by atoms with Crippen molar-refractivity contribution in [2.45, 2.75) is 6.54 Å². The summed E-state index contributed by atoms with van der Waals surface area (Å²) >= 11 is 1.40. The molecule has 1 aromatic heterocycles. The number of fused-ring (bicyclic) bond motifs is 1. The number of benzene rings is 1. The molecule has 2 aromatic rings. The third-order valence-electron chi connectivity index (χ3n) is 3.58. The van der Waals surface area contributed by atoms with Crippen molar-refractivity contribution in [3.05, 3.63) is 24.0 Å². The Kier molecular flexibility index (Phi) is 5.12. The van der Waals surface area contributed by atoms with Crippen molar-refractivity contribution in [2.75, 3.05) is 32.6 Å². The van der Waals surface area contributed by atoms with Crippen LogP contribution in [0.5, 0.6) is 0 Å². The normalized spacial score (nSPS) is 16.4. The lowest BCUT2D eigenvalue weighted by molar-refractivity contribution is 0.0332. The van der Waals surface area contributed by atoms with Gasteiger partial charge in [-0.2, -0.15) is 5.26 Å². The van der Waals surface area contributed by atoms with E-state index in [-0.39, 0.29) is 0 Å². The summed E-state index contributed by atoms with van der Waals surface area (Å²) in [6.45, 7) is 4.22. The van der Waals surface area contributed by atoms with Gasteiger partial charge in [0.15, 0.2) is 11.4 Å². The minimum atomic E-state index is 0.569. The SMILES string of the molecule is CSC(=Nc1ccc2nc(CN3CCOCC3)[nH]c2c1)NC#N. The number of ether oxygens (including phenoxy) is 1. The first kappa shape index (κ1) is 15.8. The van der Waals surface area contributed by atoms with Crippen LogP contribution in [0.1, 0.15) is 5.82 Å². The maximum absolute atomic E-state index is 8.69. The predicted octanol–water partition coefficient (Wildman–Crippen LogP) is 1.82. The number of amidine groups is 1. The molecule has 2 heterocycles. The lowest BCUT2D eigenvalue weighted by Crippen LogP contribution is -2.35. The van der Waals surface area contributed by atoms with Crippen LogP contribution in [0, 0.1) is 11.5 Å². The van der Waals surface area contributed by atoms with Crippen molar-refractivity contribution in [3.63, 3.8) is 0 Å². The molecule has 0 atom stereocenters. The largest absolute Gasteiger partial charge is 0.379 e. The van der Waals surface area contributed by atoms with Gasteiger partial charge in [-0.05, 0) is 24.5 Å². The van der Waals surface area contributed by atoms with E-state index in [0.29, 0.717) is 5.17 Å². The number of H-pyrrole nitrogens is 1. The van der Waals surface area contributed by atoms with Crippen molar-refractivity contribution in [1.29, 1.82) is 5.26 Å². The van der Waals surface area contributed by atoms with E-state index in [9.17, 15) is 0 Å². The smallest absolute Gasteiger partial charge is 0.183 e. The van der Waals surface area contributed by atoms with Crippen LogP contribution >= 0.6 is 11.8 Å². The molecule has 0 radical (unpaired) electrons. The summed E-state index contributed by atoms with van der Waals surface area (Å²) in [7, 11) is 0. The molecule has 0 amide bonds. The van der Waals surface area contributed by atoms with Gasteiger partial charge < -0.3 is 9.72 Å². The second-order valence-corrected chi connectivity index (χ2v) is 5.93. The molecule has 0 spiro atoms. The summed E-state index contributed by atoms with van der Waals surface area (Å²) in [5.41, 5.74) is 2.66. The summed E-state index contributed by atoms with van der Waals surface area (Å²) < 4.78 is 5.36. The van der Waals surface area contributed by atoms with Gasteiger partial charge in [0.1, 0.15) is 5.82 Å². The highest BCUT2D eigenvalue weighted by Gasteiger charge is 2.13. The number of hydrogen-bond acceptors (Lipinski definition) is 6. The summed E-state index contributed by atoms with van der Waals surface area (Å²) in [6, 6.07) is 5.79. The number of nitrogens with one attached hydrogen (secondary N) is 2. The fourth-order valence-electron chi connectivity index (χ4n) is 2.46. The van der Waals surface area contributed by atoms with Gasteiger partial charge in [0, 0.05) is 13.1 Å². The third kappa shape index (κ3) is 4.01. The van der Waals surface area contributed by atoms with Crippen LogP contribution in [0.4, 0.5) is 5.69 Å². The Hall–Kier alpha value is -2.08. The standard InChI is InChI=1S/C15H18N6OS/c1-23-15(17-10-16)18-11-2-3-12-13(8-11)20-14(19-12)9-21-4-6-22-7-5-21/h2-3,8H,4-7,9H2,1H3,(H,17,18)(H,19,20). The molecule has 1 saturated heterocycles. The van der Waals surface area contributed by atoms with E-state index in [4.69, 9.17) is 10.00 Å². The number of thioether (sulfide) groups is 1. The van der Waals surface area contributed by atoms with Gasteiger partial charge in [0.2, 0.25) is 0 Å². The van der Waals surface area contributed by atoms with Gasteiger partial charge >= 0.3 is 0 Å². The predicted molar refractivity (Wildman–Crippen MR) is 91.5 cm³/mol. The number of aromatic nitrogens is 2. The van der Waals surface area contributed by atoms with E-state index >= 15 is 0 Å². The molecule has 3 rings (SSSR count). The number of nitriles is 1. The number of nitrogens with zero attached hydrogens (tertiary/aromatic N) is 4. The van der Waals surface area contributed by atoms with E-state index in [0.717, 1.165) is 55.4 Å². The van der Waals surface area contributed by atoms with Crippen LogP contribution < -0.4 is 5.32 Å². The molecule has 23 heavy (non-hydrogen) atoms. The van der Waals surface area contributed by atoms with Crippen molar-refractivity contribution in [1.82, 2.24) is 20.2 Å². The Morgan fingerprint density at radius 3 is 3.09 bits per heavy atom. The molecule has 8 heteroatoms. The van der Waals surface area contributed by atoms with Crippen molar-refractivity contribution in [3.8, 4) is 6.19 Å². The molecule has 2 N–H and O–H groups in total. The first-order valence-corrected chi connectivity index (χ1v) is 8.57. The van der Waals surface area contributed by atoms with E-state index in [1.807, 2.05) is 30.6 Å². The second-order valence-electron chi connectivity index (χ2n) is 5.13. The molecule has 7 nitrogen and oxygen atoms in total. The average Bonchev–Trinajstić information content (AvgIpc) is 2.96. The summed E-state index contributed by atoms with van der Waals surface area (Å²) in [4.78, 5) is 14.7. The van der Waals surface area contributed by atoms with Crippen LogP contribution in [0.15, 0.2) is 23.2 Å². The van der Waals surface area contributed by atoms with Crippen molar-refractivity contribution >= 4 is 33.7 Å². The molecule has 1 fully saturated rings. The summed E-state index contributed by atoms with van der Waals surface area (Å²) in [5.74, 6) is 0.947. The minimum absolute atomic E-state index is 0.569. The Labute approximate surface area is 138 Å². The Bertz CT molecular complexity index is 744. The van der Waals surface area contributed by atoms with Crippen LogP contribution in [-0.4, -0.2) is 52.6 Å². The number of imidazole rings is 1. The van der Waals surface area contributed by atoms with Gasteiger partial charge in [0.05, 0.1) is 36.5 Å². The van der Waals surface area contributed by atoms with Gasteiger partial charge in [-0.3, -0.25) is 10.2 Å². The van der Waals surface area contributed by atoms with Crippen LogP contribution in [0.3, 0.4) is 0 Å². The molecular formula is C15H18N6OS. The van der Waals surface area contributed by atoms with E-state index in [1.165, 1.54) is 11.8 Å². The highest BCUT2D eigenvalue weighted by molar-refractivity contribution is 8.13. The average molecular weight is 330 g/mol. The van der Waals surface area contributed by atoms with Gasteiger partial charge in [-0.25, -0.2) is 9.98 Å². The Morgan fingerprint density at radius 2 is 2.35 bits per heavy atom. The molecule has 0 aliphatic carbocycles. The third-order valence-corrected chi connectivity index (χ3v) is 4.16. The molecule has 0 saturated carbocycles. The van der Waals surface area contributed by atoms with Crippen molar-refractivity contribution < 1.29 is 4.74 Å².